The number of likely N-dealkylation sites (N-methyl/N-ethyl adjacent to an activating group) is 1. The third kappa shape index (κ3) is 3.35. The molecule has 2 aromatic carbocycles. The van der Waals surface area contributed by atoms with Gasteiger partial charge >= 0.3 is 0 Å². The van der Waals surface area contributed by atoms with E-state index in [0.717, 1.165) is 5.69 Å². The third-order valence-corrected chi connectivity index (χ3v) is 3.01. The van der Waals surface area contributed by atoms with Gasteiger partial charge in [0.15, 0.2) is 0 Å². The number of amides is 1. The highest BCUT2D eigenvalue weighted by molar-refractivity contribution is 5.84. The van der Waals surface area contributed by atoms with Crippen LogP contribution >= 0.6 is 0 Å². The predicted molar refractivity (Wildman–Crippen MR) is 79.0 cm³/mol. The Labute approximate surface area is 113 Å². The fourth-order valence-corrected chi connectivity index (χ4v) is 1.92. The van der Waals surface area contributed by atoms with E-state index in [1.54, 1.807) is 7.05 Å². The number of nitrogens with one attached hydrogen (secondary N) is 2. The van der Waals surface area contributed by atoms with E-state index in [1.807, 2.05) is 49.4 Å². The first-order valence-electron chi connectivity index (χ1n) is 6.34. The zero-order chi connectivity index (χ0) is 13.7. The van der Waals surface area contributed by atoms with E-state index in [9.17, 15) is 4.79 Å². The van der Waals surface area contributed by atoms with Crippen LogP contribution in [0.1, 0.15) is 6.92 Å². The maximum Gasteiger partial charge on any atom is 0.241 e. The van der Waals surface area contributed by atoms with E-state index in [2.05, 4.69) is 22.8 Å². The smallest absolute Gasteiger partial charge is 0.241 e. The lowest BCUT2D eigenvalue weighted by molar-refractivity contribution is -0.121. The second-order valence-corrected chi connectivity index (χ2v) is 4.42. The minimum atomic E-state index is -0.243. The van der Waals surface area contributed by atoms with Crippen molar-refractivity contribution in [1.29, 1.82) is 0 Å². The average molecular weight is 254 g/mol. The molecule has 1 amide bonds. The third-order valence-electron chi connectivity index (χ3n) is 3.01. The van der Waals surface area contributed by atoms with Gasteiger partial charge in [-0.15, -0.1) is 0 Å². The summed E-state index contributed by atoms with van der Waals surface area (Å²) in [4.78, 5) is 11.4. The van der Waals surface area contributed by atoms with Crippen molar-refractivity contribution >= 4 is 11.6 Å². The van der Waals surface area contributed by atoms with Crippen molar-refractivity contribution in [3.05, 3.63) is 54.6 Å². The van der Waals surface area contributed by atoms with Gasteiger partial charge in [-0.1, -0.05) is 42.5 Å². The molecule has 98 valence electrons. The van der Waals surface area contributed by atoms with E-state index < -0.39 is 0 Å². The maximum absolute atomic E-state index is 11.4. The summed E-state index contributed by atoms with van der Waals surface area (Å²) >= 11 is 0. The second-order valence-electron chi connectivity index (χ2n) is 4.42. The molecule has 0 aromatic heterocycles. The molecule has 0 fully saturated rings. The Hall–Kier alpha value is -2.29. The molecule has 19 heavy (non-hydrogen) atoms. The van der Waals surface area contributed by atoms with Crippen LogP contribution in [0.3, 0.4) is 0 Å². The first kappa shape index (κ1) is 13.1. The zero-order valence-electron chi connectivity index (χ0n) is 11.2. The quantitative estimate of drug-likeness (QED) is 0.880. The maximum atomic E-state index is 11.4. The molecule has 2 N–H and O–H groups in total. The van der Waals surface area contributed by atoms with Gasteiger partial charge in [0.05, 0.1) is 0 Å². The van der Waals surface area contributed by atoms with Gasteiger partial charge in [-0.25, -0.2) is 0 Å². The summed E-state index contributed by atoms with van der Waals surface area (Å²) in [6, 6.07) is 18.0. The van der Waals surface area contributed by atoms with Crippen LogP contribution in [-0.2, 0) is 4.79 Å². The number of rotatable bonds is 4. The van der Waals surface area contributed by atoms with Crippen LogP contribution in [0.5, 0.6) is 0 Å². The molecular weight excluding hydrogens is 236 g/mol. The molecule has 0 spiro atoms. The molecule has 0 aliphatic heterocycles. The van der Waals surface area contributed by atoms with E-state index in [0.29, 0.717) is 0 Å². The van der Waals surface area contributed by atoms with E-state index in [1.165, 1.54) is 11.1 Å². The Balaban J connectivity index is 2.09. The first-order valence-corrected chi connectivity index (χ1v) is 6.34. The normalized spacial score (nSPS) is 11.7. The van der Waals surface area contributed by atoms with Crippen molar-refractivity contribution in [2.45, 2.75) is 13.0 Å². The number of carbonyl (C=O) groups is 1. The summed E-state index contributed by atoms with van der Waals surface area (Å²) < 4.78 is 0. The van der Waals surface area contributed by atoms with Crippen molar-refractivity contribution in [2.24, 2.45) is 0 Å². The van der Waals surface area contributed by atoms with Gasteiger partial charge in [0.2, 0.25) is 5.91 Å². The van der Waals surface area contributed by atoms with E-state index in [-0.39, 0.29) is 11.9 Å². The molecule has 0 aliphatic rings. The van der Waals surface area contributed by atoms with Crippen LogP contribution in [0.2, 0.25) is 0 Å². The number of hydrogen-bond donors (Lipinski definition) is 2. The van der Waals surface area contributed by atoms with Gasteiger partial charge in [-0.2, -0.15) is 0 Å². The second kappa shape index (κ2) is 6.05. The Bertz CT molecular complexity index is 534. The fraction of sp³-hybridized carbons (Fsp3) is 0.188. The molecule has 0 aliphatic carbocycles. The van der Waals surface area contributed by atoms with Crippen LogP contribution < -0.4 is 10.6 Å². The summed E-state index contributed by atoms with van der Waals surface area (Å²) in [5.74, 6) is -0.0212. The SMILES string of the molecule is CNC(=O)C(C)Nc1ccc(-c2ccccc2)cc1. The molecule has 0 heterocycles. The molecule has 0 saturated heterocycles. The van der Waals surface area contributed by atoms with Gasteiger partial charge < -0.3 is 10.6 Å². The monoisotopic (exact) mass is 254 g/mol. The molecule has 1 atom stereocenters. The van der Waals surface area contributed by atoms with Gasteiger partial charge in [0.25, 0.3) is 0 Å². The summed E-state index contributed by atoms with van der Waals surface area (Å²) in [5.41, 5.74) is 3.29. The summed E-state index contributed by atoms with van der Waals surface area (Å²) in [7, 11) is 1.64. The Morgan fingerprint density at radius 1 is 0.947 bits per heavy atom. The molecule has 2 rings (SSSR count). The Morgan fingerprint density at radius 2 is 1.53 bits per heavy atom. The number of carbonyl (C=O) groups excluding carboxylic acids is 1. The highest BCUT2D eigenvalue weighted by Crippen LogP contribution is 2.21. The highest BCUT2D eigenvalue weighted by atomic mass is 16.2. The predicted octanol–water partition coefficient (Wildman–Crippen LogP) is 2.90. The number of hydrogen-bond acceptors (Lipinski definition) is 2. The van der Waals surface area contributed by atoms with Gasteiger partial charge in [0, 0.05) is 12.7 Å². The molecule has 0 radical (unpaired) electrons. The first-order chi connectivity index (χ1) is 9.20. The molecule has 3 heteroatoms. The van der Waals surface area contributed by atoms with Crippen LogP contribution in [0.15, 0.2) is 54.6 Å². The van der Waals surface area contributed by atoms with Gasteiger partial charge in [-0.3, -0.25) is 4.79 Å². The highest BCUT2D eigenvalue weighted by Gasteiger charge is 2.09. The minimum absolute atomic E-state index is 0.0212. The van der Waals surface area contributed by atoms with Crippen molar-refractivity contribution in [2.75, 3.05) is 12.4 Å². The van der Waals surface area contributed by atoms with E-state index >= 15 is 0 Å². The molecule has 0 saturated carbocycles. The summed E-state index contributed by atoms with van der Waals surface area (Å²) in [6.45, 7) is 1.84. The topological polar surface area (TPSA) is 41.1 Å². The number of anilines is 1. The van der Waals surface area contributed by atoms with Crippen molar-refractivity contribution in [1.82, 2.24) is 5.32 Å². The summed E-state index contributed by atoms with van der Waals surface area (Å²) in [6.07, 6.45) is 0. The van der Waals surface area contributed by atoms with Gasteiger partial charge in [0.1, 0.15) is 6.04 Å². The molecule has 3 nitrogen and oxygen atoms in total. The van der Waals surface area contributed by atoms with Crippen molar-refractivity contribution in [3.8, 4) is 11.1 Å². The van der Waals surface area contributed by atoms with Crippen molar-refractivity contribution in [3.63, 3.8) is 0 Å². The lowest BCUT2D eigenvalue weighted by atomic mass is 10.1. The van der Waals surface area contributed by atoms with Crippen LogP contribution in [0.25, 0.3) is 11.1 Å². The lowest BCUT2D eigenvalue weighted by Crippen LogP contribution is -2.35. The van der Waals surface area contributed by atoms with Crippen molar-refractivity contribution < 1.29 is 4.79 Å². The van der Waals surface area contributed by atoms with Crippen LogP contribution in [0, 0.1) is 0 Å². The average Bonchev–Trinajstić information content (AvgIpc) is 2.48. The Morgan fingerprint density at radius 3 is 2.11 bits per heavy atom. The largest absolute Gasteiger partial charge is 0.374 e. The van der Waals surface area contributed by atoms with Crippen LogP contribution in [-0.4, -0.2) is 19.0 Å². The van der Waals surface area contributed by atoms with E-state index in [4.69, 9.17) is 0 Å². The summed E-state index contributed by atoms with van der Waals surface area (Å²) in [5, 5.41) is 5.78. The van der Waals surface area contributed by atoms with Crippen LogP contribution in [0.4, 0.5) is 5.69 Å². The number of benzene rings is 2. The molecular formula is C16H18N2O. The zero-order valence-corrected chi connectivity index (χ0v) is 11.2. The fourth-order valence-electron chi connectivity index (χ4n) is 1.92. The molecule has 1 unspecified atom stereocenters. The Kier molecular flexibility index (Phi) is 4.18. The molecule has 2 aromatic rings. The lowest BCUT2D eigenvalue weighted by Gasteiger charge is -2.14. The minimum Gasteiger partial charge on any atom is -0.374 e. The molecule has 0 bridgehead atoms. The van der Waals surface area contributed by atoms with Gasteiger partial charge in [-0.05, 0) is 30.2 Å². The standard InChI is InChI=1S/C16H18N2O/c1-12(16(19)17-2)18-15-10-8-14(9-11-15)13-6-4-3-5-7-13/h3-12,18H,1-2H3,(H,17,19).